The number of aromatic nitrogens is 1. The number of para-hydroxylation sites is 1. The van der Waals surface area contributed by atoms with Gasteiger partial charge in [-0.25, -0.2) is 4.98 Å². The number of nitrogens with two attached hydrogens (primary N) is 1. The Morgan fingerprint density at radius 1 is 1.23 bits per heavy atom. The summed E-state index contributed by atoms with van der Waals surface area (Å²) in [4.78, 5) is 17.3. The summed E-state index contributed by atoms with van der Waals surface area (Å²) in [6.07, 6.45) is 0.334. The van der Waals surface area contributed by atoms with Crippen LogP contribution in [0.15, 0.2) is 48.5 Å². The van der Waals surface area contributed by atoms with E-state index < -0.39 is 0 Å². The second-order valence-corrected chi connectivity index (χ2v) is 7.46. The van der Waals surface area contributed by atoms with E-state index >= 15 is 0 Å². The number of nitrogen functional groups attached to an aromatic ring is 1. The molecular formula is C19H16ClN3O2S. The molecule has 0 saturated carbocycles. The van der Waals surface area contributed by atoms with Crippen LogP contribution >= 0.6 is 22.9 Å². The summed E-state index contributed by atoms with van der Waals surface area (Å²) in [5.41, 5.74) is 7.70. The predicted molar refractivity (Wildman–Crippen MR) is 104 cm³/mol. The SMILES string of the molecule is Nc1nc2c(s1)[C@@H](c1ccccc1OCc1ccccc1Cl)CC(=O)N2. The zero-order valence-corrected chi connectivity index (χ0v) is 15.3. The van der Waals surface area contributed by atoms with E-state index in [0.29, 0.717) is 29.0 Å². The van der Waals surface area contributed by atoms with Gasteiger partial charge in [-0.3, -0.25) is 4.79 Å². The smallest absolute Gasteiger partial charge is 0.226 e. The molecule has 3 aromatic rings. The molecule has 26 heavy (non-hydrogen) atoms. The largest absolute Gasteiger partial charge is 0.489 e. The fourth-order valence-electron chi connectivity index (χ4n) is 3.06. The summed E-state index contributed by atoms with van der Waals surface area (Å²) in [7, 11) is 0. The van der Waals surface area contributed by atoms with Gasteiger partial charge in [-0.05, 0) is 12.1 Å². The van der Waals surface area contributed by atoms with Crippen LogP contribution in [0.5, 0.6) is 5.75 Å². The Kier molecular flexibility index (Phi) is 4.53. The van der Waals surface area contributed by atoms with Crippen LogP contribution in [0, 0.1) is 0 Å². The number of ether oxygens (including phenoxy) is 1. The third-order valence-corrected chi connectivity index (χ3v) is 5.64. The third kappa shape index (κ3) is 3.25. The van der Waals surface area contributed by atoms with E-state index in [1.54, 1.807) is 0 Å². The van der Waals surface area contributed by atoms with E-state index in [9.17, 15) is 4.79 Å². The molecule has 2 heterocycles. The highest BCUT2D eigenvalue weighted by atomic mass is 35.5. The predicted octanol–water partition coefficient (Wildman–Crippen LogP) is 4.43. The lowest BCUT2D eigenvalue weighted by molar-refractivity contribution is -0.116. The summed E-state index contributed by atoms with van der Waals surface area (Å²) >= 11 is 7.61. The molecule has 2 aromatic carbocycles. The molecule has 0 saturated heterocycles. The van der Waals surface area contributed by atoms with Gasteiger partial charge < -0.3 is 15.8 Å². The maximum absolute atomic E-state index is 12.1. The lowest BCUT2D eigenvalue weighted by Crippen LogP contribution is -2.23. The van der Waals surface area contributed by atoms with Gasteiger partial charge in [0.2, 0.25) is 5.91 Å². The molecule has 1 atom stereocenters. The third-order valence-electron chi connectivity index (χ3n) is 4.27. The van der Waals surface area contributed by atoms with Gasteiger partial charge in [-0.1, -0.05) is 59.3 Å². The number of hydrogen-bond acceptors (Lipinski definition) is 5. The van der Waals surface area contributed by atoms with Gasteiger partial charge in [0.1, 0.15) is 18.2 Å². The Hall–Kier alpha value is -2.57. The summed E-state index contributed by atoms with van der Waals surface area (Å²) in [6, 6.07) is 15.3. The van der Waals surface area contributed by atoms with E-state index in [2.05, 4.69) is 10.3 Å². The molecule has 7 heteroatoms. The van der Waals surface area contributed by atoms with E-state index in [1.807, 2.05) is 48.5 Å². The maximum atomic E-state index is 12.1. The van der Waals surface area contributed by atoms with E-state index in [-0.39, 0.29) is 11.8 Å². The van der Waals surface area contributed by atoms with E-state index in [0.717, 1.165) is 21.8 Å². The van der Waals surface area contributed by atoms with Gasteiger partial charge in [0.25, 0.3) is 0 Å². The number of hydrogen-bond donors (Lipinski definition) is 2. The van der Waals surface area contributed by atoms with Crippen molar-refractivity contribution in [3.8, 4) is 5.75 Å². The first kappa shape index (κ1) is 16.9. The summed E-state index contributed by atoms with van der Waals surface area (Å²) in [5, 5.41) is 3.89. The van der Waals surface area contributed by atoms with Gasteiger partial charge in [0.15, 0.2) is 5.13 Å². The molecule has 5 nitrogen and oxygen atoms in total. The number of amides is 1. The van der Waals surface area contributed by atoms with Gasteiger partial charge in [-0.2, -0.15) is 0 Å². The fourth-order valence-corrected chi connectivity index (χ4v) is 4.16. The lowest BCUT2D eigenvalue weighted by atomic mass is 9.91. The normalized spacial score (nSPS) is 16.0. The minimum Gasteiger partial charge on any atom is -0.489 e. The Bertz CT molecular complexity index is 973. The first-order valence-corrected chi connectivity index (χ1v) is 9.32. The highest BCUT2D eigenvalue weighted by Gasteiger charge is 2.31. The Labute approximate surface area is 159 Å². The van der Waals surface area contributed by atoms with Gasteiger partial charge in [0.05, 0.1) is 4.88 Å². The molecule has 1 aliphatic rings. The van der Waals surface area contributed by atoms with Crippen molar-refractivity contribution in [2.45, 2.75) is 18.9 Å². The summed E-state index contributed by atoms with van der Waals surface area (Å²) < 4.78 is 6.05. The van der Waals surface area contributed by atoms with Crippen LogP contribution in [-0.2, 0) is 11.4 Å². The number of nitrogens with zero attached hydrogens (tertiary/aromatic N) is 1. The number of carbonyl (C=O) groups is 1. The average molecular weight is 386 g/mol. The minimum atomic E-state index is -0.129. The number of fused-ring (bicyclic) bond motifs is 1. The molecule has 132 valence electrons. The van der Waals surface area contributed by atoms with Crippen LogP contribution in [0.3, 0.4) is 0 Å². The van der Waals surface area contributed by atoms with Crippen molar-refractivity contribution in [3.05, 3.63) is 69.6 Å². The van der Waals surface area contributed by atoms with Crippen molar-refractivity contribution in [1.29, 1.82) is 0 Å². The first-order valence-electron chi connectivity index (χ1n) is 8.13. The Balaban J connectivity index is 1.66. The van der Waals surface area contributed by atoms with E-state index in [4.69, 9.17) is 22.1 Å². The molecule has 1 aliphatic heterocycles. The molecular weight excluding hydrogens is 370 g/mol. The molecule has 0 bridgehead atoms. The van der Waals surface area contributed by atoms with Crippen LogP contribution in [-0.4, -0.2) is 10.9 Å². The van der Waals surface area contributed by atoms with Crippen LogP contribution in [0.2, 0.25) is 5.02 Å². The Morgan fingerprint density at radius 2 is 2.00 bits per heavy atom. The number of benzene rings is 2. The monoisotopic (exact) mass is 385 g/mol. The zero-order valence-electron chi connectivity index (χ0n) is 13.7. The molecule has 0 spiro atoms. The number of thiazole rings is 1. The quantitative estimate of drug-likeness (QED) is 0.696. The number of carbonyl (C=O) groups excluding carboxylic acids is 1. The molecule has 0 unspecified atom stereocenters. The second kappa shape index (κ2) is 6.97. The number of halogens is 1. The maximum Gasteiger partial charge on any atom is 0.226 e. The molecule has 0 radical (unpaired) electrons. The van der Waals surface area contributed by atoms with E-state index in [1.165, 1.54) is 11.3 Å². The second-order valence-electron chi connectivity index (χ2n) is 5.99. The summed E-state index contributed by atoms with van der Waals surface area (Å²) in [6.45, 7) is 0.354. The molecule has 1 amide bonds. The van der Waals surface area contributed by atoms with Crippen LogP contribution in [0.1, 0.15) is 28.3 Å². The highest BCUT2D eigenvalue weighted by molar-refractivity contribution is 7.16. The van der Waals surface area contributed by atoms with Gasteiger partial charge in [-0.15, -0.1) is 0 Å². The molecule has 3 N–H and O–H groups in total. The number of anilines is 2. The average Bonchev–Trinajstić information content (AvgIpc) is 3.00. The van der Waals surface area contributed by atoms with Crippen LogP contribution < -0.4 is 15.8 Å². The van der Waals surface area contributed by atoms with Crippen LogP contribution in [0.25, 0.3) is 0 Å². The fraction of sp³-hybridized carbons (Fsp3) is 0.158. The van der Waals surface area contributed by atoms with Gasteiger partial charge in [0, 0.05) is 28.5 Å². The van der Waals surface area contributed by atoms with Gasteiger partial charge >= 0.3 is 0 Å². The first-order chi connectivity index (χ1) is 12.6. The lowest BCUT2D eigenvalue weighted by Gasteiger charge is -2.23. The molecule has 0 fully saturated rings. The molecule has 4 rings (SSSR count). The van der Waals surface area contributed by atoms with Crippen molar-refractivity contribution in [1.82, 2.24) is 4.98 Å². The van der Waals surface area contributed by atoms with Crippen LogP contribution in [0.4, 0.5) is 10.9 Å². The Morgan fingerprint density at radius 3 is 2.85 bits per heavy atom. The van der Waals surface area contributed by atoms with Crippen molar-refractivity contribution in [3.63, 3.8) is 0 Å². The standard InChI is InChI=1S/C19H16ClN3O2S/c20-14-7-3-1-5-11(14)10-25-15-8-4-2-6-12(15)13-9-16(24)22-18-17(13)26-19(21)23-18/h1-8,13H,9-10H2,(H2,21,23)(H,22,24)/t13-/m1/s1. The van der Waals surface area contributed by atoms with Crippen molar-refractivity contribution in [2.24, 2.45) is 0 Å². The highest BCUT2D eigenvalue weighted by Crippen LogP contribution is 2.44. The number of rotatable bonds is 4. The van der Waals surface area contributed by atoms with Crippen molar-refractivity contribution < 1.29 is 9.53 Å². The molecule has 1 aromatic heterocycles. The zero-order chi connectivity index (χ0) is 18.1. The number of nitrogens with one attached hydrogen (secondary N) is 1. The van der Waals surface area contributed by atoms with Crippen molar-refractivity contribution >= 4 is 39.8 Å². The topological polar surface area (TPSA) is 77.2 Å². The minimum absolute atomic E-state index is 0.0753. The molecule has 0 aliphatic carbocycles. The van der Waals surface area contributed by atoms with Crippen molar-refractivity contribution in [2.75, 3.05) is 11.1 Å². The summed E-state index contributed by atoms with van der Waals surface area (Å²) in [5.74, 6) is 1.07.